The van der Waals surface area contributed by atoms with Crippen LogP contribution in [0.2, 0.25) is 5.15 Å². The lowest BCUT2D eigenvalue weighted by molar-refractivity contribution is -0.142. The first-order chi connectivity index (χ1) is 16.1. The predicted octanol–water partition coefficient (Wildman–Crippen LogP) is 3.89. The van der Waals surface area contributed by atoms with Gasteiger partial charge in [0.1, 0.15) is 11.0 Å². The molecule has 2 aliphatic heterocycles. The number of nitrogens with zero attached hydrogens (tertiary/aromatic N) is 5. The zero-order valence-corrected chi connectivity index (χ0v) is 21.8. The Morgan fingerprint density at radius 1 is 1.12 bits per heavy atom. The predicted molar refractivity (Wildman–Crippen MR) is 136 cm³/mol. The first kappa shape index (κ1) is 24.8. The standard InChI is InChI=1S/C25H32ClN5O2S/c1-17-14-29(11-12-31(17)23(33)25(2,3)4)21-13-20(26)27-24(28-21)34-16-22(32)30-10-9-18-7-5-6-8-19(18)15-30/h5-8,13,17H,9-12,14-16H2,1-4H3. The van der Waals surface area contributed by atoms with Crippen LogP contribution in [0.15, 0.2) is 35.5 Å². The van der Waals surface area contributed by atoms with E-state index in [0.717, 1.165) is 18.8 Å². The van der Waals surface area contributed by atoms with Gasteiger partial charge in [-0.25, -0.2) is 9.97 Å². The van der Waals surface area contributed by atoms with Gasteiger partial charge in [-0.1, -0.05) is 68.4 Å². The van der Waals surface area contributed by atoms with E-state index in [-0.39, 0.29) is 23.6 Å². The van der Waals surface area contributed by atoms with Gasteiger partial charge >= 0.3 is 0 Å². The number of carbonyl (C=O) groups is 2. The Labute approximate surface area is 210 Å². The molecule has 2 amide bonds. The normalized spacial score (nSPS) is 18.6. The largest absolute Gasteiger partial charge is 0.353 e. The van der Waals surface area contributed by atoms with E-state index in [1.165, 1.54) is 22.9 Å². The van der Waals surface area contributed by atoms with Crippen molar-refractivity contribution < 1.29 is 9.59 Å². The van der Waals surface area contributed by atoms with Crippen molar-refractivity contribution in [2.45, 2.75) is 51.9 Å². The van der Waals surface area contributed by atoms with Crippen LogP contribution in [0.4, 0.5) is 5.82 Å². The molecule has 1 unspecified atom stereocenters. The molecule has 182 valence electrons. The first-order valence-corrected chi connectivity index (χ1v) is 13.1. The molecule has 1 aromatic heterocycles. The van der Waals surface area contributed by atoms with Crippen LogP contribution in [0.25, 0.3) is 0 Å². The summed E-state index contributed by atoms with van der Waals surface area (Å²) in [4.78, 5) is 40.6. The highest BCUT2D eigenvalue weighted by molar-refractivity contribution is 7.99. The summed E-state index contributed by atoms with van der Waals surface area (Å²) >= 11 is 7.63. The number of anilines is 1. The van der Waals surface area contributed by atoms with Crippen LogP contribution in [0.5, 0.6) is 0 Å². The smallest absolute Gasteiger partial charge is 0.233 e. The molecular weight excluding hydrogens is 470 g/mol. The molecule has 2 aromatic rings. The number of carbonyl (C=O) groups excluding carboxylic acids is 2. The minimum absolute atomic E-state index is 0.0638. The van der Waals surface area contributed by atoms with Crippen LogP contribution >= 0.6 is 23.4 Å². The summed E-state index contributed by atoms with van der Waals surface area (Å²) in [5.41, 5.74) is 2.13. The number of halogens is 1. The molecule has 3 heterocycles. The summed E-state index contributed by atoms with van der Waals surface area (Å²) in [5, 5.41) is 0.849. The molecule has 9 heteroatoms. The molecule has 4 rings (SSSR count). The minimum atomic E-state index is -0.401. The average molecular weight is 502 g/mol. The number of fused-ring (bicyclic) bond motifs is 1. The van der Waals surface area contributed by atoms with Crippen molar-refractivity contribution >= 4 is 41.0 Å². The van der Waals surface area contributed by atoms with Gasteiger partial charge in [-0.2, -0.15) is 0 Å². The number of thioether (sulfide) groups is 1. The van der Waals surface area contributed by atoms with E-state index in [1.54, 1.807) is 6.07 Å². The Morgan fingerprint density at radius 3 is 2.56 bits per heavy atom. The lowest BCUT2D eigenvalue weighted by atomic mass is 9.93. The van der Waals surface area contributed by atoms with Gasteiger partial charge in [-0.15, -0.1) is 0 Å². The monoisotopic (exact) mass is 501 g/mol. The zero-order chi connectivity index (χ0) is 24.5. The van der Waals surface area contributed by atoms with Crippen LogP contribution in [-0.2, 0) is 22.6 Å². The van der Waals surface area contributed by atoms with Gasteiger partial charge in [-0.05, 0) is 24.5 Å². The number of benzene rings is 1. The molecule has 0 saturated carbocycles. The van der Waals surface area contributed by atoms with Crippen molar-refractivity contribution in [2.24, 2.45) is 5.41 Å². The van der Waals surface area contributed by atoms with Crippen molar-refractivity contribution in [1.82, 2.24) is 19.8 Å². The number of aromatic nitrogens is 2. The number of hydrogen-bond donors (Lipinski definition) is 0. The lowest BCUT2D eigenvalue weighted by Gasteiger charge is -2.42. The number of hydrogen-bond acceptors (Lipinski definition) is 6. The van der Waals surface area contributed by atoms with Gasteiger partial charge in [0.05, 0.1) is 5.75 Å². The highest BCUT2D eigenvalue weighted by Crippen LogP contribution is 2.27. The second-order valence-corrected chi connectivity index (χ2v) is 11.3. The Bertz CT molecular complexity index is 1070. The zero-order valence-electron chi connectivity index (χ0n) is 20.3. The molecule has 0 bridgehead atoms. The van der Waals surface area contributed by atoms with Gasteiger partial charge < -0.3 is 14.7 Å². The van der Waals surface area contributed by atoms with Crippen LogP contribution in [0.3, 0.4) is 0 Å². The molecule has 2 aliphatic rings. The second kappa shape index (κ2) is 10.1. The Kier molecular flexibility index (Phi) is 7.38. The average Bonchev–Trinajstić information content (AvgIpc) is 2.80. The first-order valence-electron chi connectivity index (χ1n) is 11.7. The van der Waals surface area contributed by atoms with Crippen LogP contribution in [-0.4, -0.2) is 69.6 Å². The van der Waals surface area contributed by atoms with Crippen molar-refractivity contribution in [1.29, 1.82) is 0 Å². The number of piperazine rings is 1. The van der Waals surface area contributed by atoms with Gasteiger partial charge in [0.2, 0.25) is 11.8 Å². The van der Waals surface area contributed by atoms with E-state index < -0.39 is 5.41 Å². The summed E-state index contributed by atoms with van der Waals surface area (Å²) < 4.78 is 0. The number of amides is 2. The molecular formula is C25H32ClN5O2S. The molecule has 1 atom stereocenters. The van der Waals surface area contributed by atoms with Crippen molar-refractivity contribution in [3.05, 3.63) is 46.6 Å². The maximum Gasteiger partial charge on any atom is 0.233 e. The quantitative estimate of drug-likeness (QED) is 0.359. The topological polar surface area (TPSA) is 69.6 Å². The molecule has 1 fully saturated rings. The summed E-state index contributed by atoms with van der Waals surface area (Å²) in [6.07, 6.45) is 0.881. The second-order valence-electron chi connectivity index (χ2n) is 10.00. The Balaban J connectivity index is 1.37. The van der Waals surface area contributed by atoms with E-state index >= 15 is 0 Å². The van der Waals surface area contributed by atoms with Crippen molar-refractivity contribution in [3.63, 3.8) is 0 Å². The molecule has 0 radical (unpaired) electrons. The fourth-order valence-electron chi connectivity index (χ4n) is 4.44. The summed E-state index contributed by atoms with van der Waals surface area (Å²) in [5.74, 6) is 1.24. The Morgan fingerprint density at radius 2 is 1.85 bits per heavy atom. The van der Waals surface area contributed by atoms with Gasteiger partial charge in [0, 0.05) is 50.2 Å². The van der Waals surface area contributed by atoms with Crippen molar-refractivity contribution in [2.75, 3.05) is 36.8 Å². The van der Waals surface area contributed by atoms with E-state index in [4.69, 9.17) is 11.6 Å². The lowest BCUT2D eigenvalue weighted by Crippen LogP contribution is -2.56. The fourth-order valence-corrected chi connectivity index (χ4v) is 5.42. The molecule has 1 aromatic carbocycles. The summed E-state index contributed by atoms with van der Waals surface area (Å²) in [6.45, 7) is 11.3. The molecule has 0 N–H and O–H groups in total. The SMILES string of the molecule is CC1CN(c2cc(Cl)nc(SCC(=O)N3CCc4ccccc4C3)n2)CCN1C(=O)C(C)(C)C. The Hall–Kier alpha value is -2.32. The van der Waals surface area contributed by atoms with Crippen LogP contribution in [0.1, 0.15) is 38.8 Å². The van der Waals surface area contributed by atoms with Crippen LogP contribution < -0.4 is 4.90 Å². The highest BCUT2D eigenvalue weighted by Gasteiger charge is 2.34. The third kappa shape index (κ3) is 5.66. The summed E-state index contributed by atoms with van der Waals surface area (Å²) in [7, 11) is 0. The van der Waals surface area contributed by atoms with E-state index in [1.807, 2.05) is 42.7 Å². The van der Waals surface area contributed by atoms with E-state index in [2.05, 4.69) is 33.9 Å². The third-order valence-electron chi connectivity index (χ3n) is 6.32. The maximum atomic E-state index is 12.8. The van der Waals surface area contributed by atoms with E-state index in [0.29, 0.717) is 36.5 Å². The highest BCUT2D eigenvalue weighted by atomic mass is 35.5. The number of rotatable bonds is 4. The van der Waals surface area contributed by atoms with Gasteiger partial charge in [-0.3, -0.25) is 9.59 Å². The minimum Gasteiger partial charge on any atom is -0.353 e. The molecule has 1 saturated heterocycles. The molecule has 34 heavy (non-hydrogen) atoms. The van der Waals surface area contributed by atoms with Crippen LogP contribution in [0, 0.1) is 5.41 Å². The maximum absolute atomic E-state index is 12.8. The van der Waals surface area contributed by atoms with Gasteiger partial charge in [0.15, 0.2) is 5.16 Å². The third-order valence-corrected chi connectivity index (χ3v) is 7.35. The molecule has 0 spiro atoms. The van der Waals surface area contributed by atoms with Gasteiger partial charge in [0.25, 0.3) is 0 Å². The fraction of sp³-hybridized carbons (Fsp3) is 0.520. The summed E-state index contributed by atoms with van der Waals surface area (Å²) in [6, 6.07) is 10.1. The molecule has 7 nitrogen and oxygen atoms in total. The van der Waals surface area contributed by atoms with E-state index in [9.17, 15) is 9.59 Å². The van der Waals surface area contributed by atoms with Crippen molar-refractivity contribution in [3.8, 4) is 0 Å². The molecule has 0 aliphatic carbocycles.